The van der Waals surface area contributed by atoms with Gasteiger partial charge in [-0.15, -0.1) is 0 Å². The third-order valence-corrected chi connectivity index (χ3v) is 1.56. The van der Waals surface area contributed by atoms with E-state index >= 15 is 0 Å². The molecule has 1 aliphatic carbocycles. The molecule has 3 nitrogen and oxygen atoms in total. The van der Waals surface area contributed by atoms with Gasteiger partial charge in [0.15, 0.2) is 0 Å². The molecule has 0 spiro atoms. The molecule has 0 heterocycles. The molecule has 3 heteroatoms. The molecule has 0 aromatic carbocycles. The molecule has 0 aliphatic heterocycles. The highest BCUT2D eigenvalue weighted by molar-refractivity contribution is 5.74. The van der Waals surface area contributed by atoms with Crippen molar-refractivity contribution in [1.29, 1.82) is 0 Å². The van der Waals surface area contributed by atoms with Crippen LogP contribution in [0.3, 0.4) is 0 Å². The van der Waals surface area contributed by atoms with Crippen molar-refractivity contribution < 1.29 is 4.79 Å². The summed E-state index contributed by atoms with van der Waals surface area (Å²) < 4.78 is 0. The Balaban J connectivity index is 2.24. The Morgan fingerprint density at radius 2 is 2.50 bits per heavy atom. The molecule has 0 aromatic heterocycles. The van der Waals surface area contributed by atoms with Gasteiger partial charge in [-0.25, -0.2) is 4.79 Å². The number of allylic oxidation sites excluding steroid dienone is 1. The third-order valence-electron chi connectivity index (χ3n) is 1.56. The summed E-state index contributed by atoms with van der Waals surface area (Å²) >= 11 is 0. The Kier molecular flexibility index (Phi) is 2.31. The van der Waals surface area contributed by atoms with Crippen LogP contribution in [0.4, 0.5) is 4.79 Å². The van der Waals surface area contributed by atoms with Gasteiger partial charge in [0.2, 0.25) is 0 Å². The van der Waals surface area contributed by atoms with E-state index in [1.807, 2.05) is 6.08 Å². The lowest BCUT2D eigenvalue weighted by atomic mass is 10.3. The smallest absolute Gasteiger partial charge is 0.314 e. The van der Waals surface area contributed by atoms with Crippen molar-refractivity contribution in [3.63, 3.8) is 0 Å². The topological polar surface area (TPSA) is 41.1 Å². The first-order valence-corrected chi connectivity index (χ1v) is 3.48. The van der Waals surface area contributed by atoms with E-state index in [-0.39, 0.29) is 12.1 Å². The summed E-state index contributed by atoms with van der Waals surface area (Å²) in [6, 6.07) is 0.150. The van der Waals surface area contributed by atoms with Crippen molar-refractivity contribution in [1.82, 2.24) is 10.6 Å². The van der Waals surface area contributed by atoms with Gasteiger partial charge in [-0.1, -0.05) is 12.2 Å². The highest BCUT2D eigenvalue weighted by Gasteiger charge is 2.09. The SMILES string of the molecule is CNC(=O)NC1C=CCC1. The summed E-state index contributed by atoms with van der Waals surface area (Å²) in [5.74, 6) is 0. The number of carbonyl (C=O) groups is 1. The largest absolute Gasteiger partial charge is 0.341 e. The average molecular weight is 140 g/mol. The first-order valence-electron chi connectivity index (χ1n) is 3.48. The van der Waals surface area contributed by atoms with Crippen LogP contribution in [-0.2, 0) is 0 Å². The highest BCUT2D eigenvalue weighted by Crippen LogP contribution is 2.07. The van der Waals surface area contributed by atoms with Crippen molar-refractivity contribution >= 4 is 6.03 Å². The number of urea groups is 1. The second-order valence-electron chi connectivity index (χ2n) is 2.34. The molecule has 2 N–H and O–H groups in total. The molecule has 0 bridgehead atoms. The van der Waals surface area contributed by atoms with Crippen molar-refractivity contribution in [2.24, 2.45) is 0 Å². The second kappa shape index (κ2) is 3.25. The molecule has 10 heavy (non-hydrogen) atoms. The van der Waals surface area contributed by atoms with Gasteiger partial charge in [-0.3, -0.25) is 0 Å². The fourth-order valence-electron chi connectivity index (χ4n) is 0.993. The second-order valence-corrected chi connectivity index (χ2v) is 2.34. The Labute approximate surface area is 60.5 Å². The average Bonchev–Trinajstić information content (AvgIpc) is 2.40. The van der Waals surface area contributed by atoms with Gasteiger partial charge in [-0.2, -0.15) is 0 Å². The molecule has 0 radical (unpaired) electrons. The molecule has 1 aliphatic rings. The summed E-state index contributed by atoms with van der Waals surface area (Å²) in [6.45, 7) is 0. The van der Waals surface area contributed by atoms with E-state index in [0.717, 1.165) is 12.8 Å². The van der Waals surface area contributed by atoms with E-state index in [1.54, 1.807) is 7.05 Å². The summed E-state index contributed by atoms with van der Waals surface area (Å²) in [5, 5.41) is 5.30. The normalized spacial score (nSPS) is 22.7. The maximum Gasteiger partial charge on any atom is 0.314 e. The van der Waals surface area contributed by atoms with Crippen LogP contribution < -0.4 is 10.6 Å². The quantitative estimate of drug-likeness (QED) is 0.515. The summed E-state index contributed by atoms with van der Waals surface area (Å²) in [4.78, 5) is 10.7. The molecule has 1 atom stereocenters. The monoisotopic (exact) mass is 140 g/mol. The molecule has 0 saturated heterocycles. The molecule has 56 valence electrons. The van der Waals surface area contributed by atoms with E-state index in [4.69, 9.17) is 0 Å². The number of carbonyl (C=O) groups excluding carboxylic acids is 1. The molecule has 1 unspecified atom stereocenters. The third kappa shape index (κ3) is 1.76. The van der Waals surface area contributed by atoms with Crippen LogP contribution in [-0.4, -0.2) is 19.1 Å². The minimum absolute atomic E-state index is 0.100. The predicted octanol–water partition coefficient (Wildman–Crippen LogP) is 0.634. The summed E-state index contributed by atoms with van der Waals surface area (Å²) in [5.41, 5.74) is 0. The van der Waals surface area contributed by atoms with Crippen LogP contribution in [0.25, 0.3) is 0 Å². The Morgan fingerprint density at radius 3 is 3.00 bits per heavy atom. The molecule has 2 amide bonds. The van der Waals surface area contributed by atoms with Crippen LogP contribution in [0.5, 0.6) is 0 Å². The molecule has 0 aromatic rings. The Hall–Kier alpha value is -0.990. The lowest BCUT2D eigenvalue weighted by Crippen LogP contribution is -2.38. The maximum atomic E-state index is 10.7. The first-order chi connectivity index (χ1) is 4.83. The van der Waals surface area contributed by atoms with Crippen LogP contribution >= 0.6 is 0 Å². The van der Waals surface area contributed by atoms with Crippen molar-refractivity contribution in [2.45, 2.75) is 18.9 Å². The van der Waals surface area contributed by atoms with E-state index < -0.39 is 0 Å². The number of nitrogens with one attached hydrogen (secondary N) is 2. The Morgan fingerprint density at radius 1 is 1.70 bits per heavy atom. The van der Waals surface area contributed by atoms with Crippen molar-refractivity contribution in [2.75, 3.05) is 7.05 Å². The molecule has 0 fully saturated rings. The fourth-order valence-corrected chi connectivity index (χ4v) is 0.993. The zero-order valence-corrected chi connectivity index (χ0v) is 6.05. The fraction of sp³-hybridized carbons (Fsp3) is 0.571. The van der Waals surface area contributed by atoms with Gasteiger partial charge in [0.05, 0.1) is 0 Å². The zero-order chi connectivity index (χ0) is 7.40. The maximum absolute atomic E-state index is 10.7. The van der Waals surface area contributed by atoms with Crippen molar-refractivity contribution in [3.8, 4) is 0 Å². The molecule has 0 saturated carbocycles. The van der Waals surface area contributed by atoms with E-state index in [9.17, 15) is 4.79 Å². The Bertz CT molecular complexity index is 154. The lowest BCUT2D eigenvalue weighted by molar-refractivity contribution is 0.241. The summed E-state index contributed by atoms with van der Waals surface area (Å²) in [7, 11) is 1.62. The van der Waals surface area contributed by atoms with E-state index in [1.165, 1.54) is 0 Å². The van der Waals surface area contributed by atoms with Gasteiger partial charge in [-0.05, 0) is 12.8 Å². The van der Waals surface area contributed by atoms with Gasteiger partial charge >= 0.3 is 6.03 Å². The number of hydrogen-bond acceptors (Lipinski definition) is 1. The highest BCUT2D eigenvalue weighted by atomic mass is 16.2. The number of amides is 2. The molecular formula is C7H12N2O. The van der Waals surface area contributed by atoms with Gasteiger partial charge in [0.25, 0.3) is 0 Å². The van der Waals surface area contributed by atoms with Gasteiger partial charge in [0.1, 0.15) is 0 Å². The van der Waals surface area contributed by atoms with Crippen LogP contribution in [0.1, 0.15) is 12.8 Å². The van der Waals surface area contributed by atoms with Gasteiger partial charge in [0, 0.05) is 13.1 Å². The predicted molar refractivity (Wildman–Crippen MR) is 39.8 cm³/mol. The minimum atomic E-state index is -0.100. The van der Waals surface area contributed by atoms with Crippen LogP contribution in [0.2, 0.25) is 0 Å². The molecule has 1 rings (SSSR count). The minimum Gasteiger partial charge on any atom is -0.341 e. The zero-order valence-electron chi connectivity index (χ0n) is 6.05. The number of hydrogen-bond donors (Lipinski definition) is 2. The number of rotatable bonds is 1. The van der Waals surface area contributed by atoms with E-state index in [0.29, 0.717) is 0 Å². The first kappa shape index (κ1) is 7.12. The lowest BCUT2D eigenvalue weighted by Gasteiger charge is -2.08. The molecular weight excluding hydrogens is 128 g/mol. The van der Waals surface area contributed by atoms with E-state index in [2.05, 4.69) is 16.7 Å². The van der Waals surface area contributed by atoms with Crippen LogP contribution in [0, 0.1) is 0 Å². The van der Waals surface area contributed by atoms with Crippen LogP contribution in [0.15, 0.2) is 12.2 Å². The standard InChI is InChI=1S/C7H12N2O/c1-8-7(10)9-6-4-2-3-5-6/h2,4,6H,3,5H2,1H3,(H2,8,9,10). The van der Waals surface area contributed by atoms with Gasteiger partial charge < -0.3 is 10.6 Å². The summed E-state index contributed by atoms with van der Waals surface area (Å²) in [6.07, 6.45) is 6.22. The van der Waals surface area contributed by atoms with Crippen molar-refractivity contribution in [3.05, 3.63) is 12.2 Å².